The highest BCUT2D eigenvalue weighted by Gasteiger charge is 2.32. The van der Waals surface area contributed by atoms with Gasteiger partial charge in [0.05, 0.1) is 4.90 Å². The van der Waals surface area contributed by atoms with E-state index in [1.54, 1.807) is 18.2 Å². The van der Waals surface area contributed by atoms with Crippen LogP contribution in [0.5, 0.6) is 0 Å². The molecule has 0 radical (unpaired) electrons. The first kappa shape index (κ1) is 14.0. The number of rotatable bonds is 3. The van der Waals surface area contributed by atoms with Crippen molar-refractivity contribution in [3.8, 4) is 0 Å². The van der Waals surface area contributed by atoms with E-state index in [9.17, 15) is 8.42 Å². The molecule has 2 rings (SSSR count). The summed E-state index contributed by atoms with van der Waals surface area (Å²) in [5, 5.41) is 0. The zero-order valence-corrected chi connectivity index (χ0v) is 13.0. The molecule has 1 aromatic carbocycles. The van der Waals surface area contributed by atoms with Crippen molar-refractivity contribution in [2.24, 2.45) is 11.8 Å². The lowest BCUT2D eigenvalue weighted by atomic mass is 9.98. The van der Waals surface area contributed by atoms with Crippen LogP contribution in [0.15, 0.2) is 33.6 Å². The molecule has 1 fully saturated rings. The zero-order chi connectivity index (χ0) is 13.3. The van der Waals surface area contributed by atoms with Gasteiger partial charge in [-0.2, -0.15) is 0 Å². The van der Waals surface area contributed by atoms with Gasteiger partial charge >= 0.3 is 0 Å². The van der Waals surface area contributed by atoms with Gasteiger partial charge in [0, 0.05) is 10.5 Å². The van der Waals surface area contributed by atoms with Gasteiger partial charge in [0.15, 0.2) is 0 Å². The molecule has 0 spiro atoms. The van der Waals surface area contributed by atoms with Crippen LogP contribution >= 0.6 is 15.9 Å². The molecule has 1 aliphatic rings. The molecule has 18 heavy (non-hydrogen) atoms. The summed E-state index contributed by atoms with van der Waals surface area (Å²) >= 11 is 3.30. The van der Waals surface area contributed by atoms with Crippen LogP contribution in [0.3, 0.4) is 0 Å². The third kappa shape index (κ3) is 2.95. The van der Waals surface area contributed by atoms with Crippen molar-refractivity contribution in [3.05, 3.63) is 28.7 Å². The van der Waals surface area contributed by atoms with Crippen molar-refractivity contribution >= 4 is 26.0 Å². The van der Waals surface area contributed by atoms with Crippen LogP contribution in [-0.4, -0.2) is 14.5 Å². The third-order valence-electron chi connectivity index (χ3n) is 3.88. The van der Waals surface area contributed by atoms with Crippen LogP contribution in [-0.2, 0) is 10.0 Å². The van der Waals surface area contributed by atoms with E-state index in [1.165, 1.54) is 0 Å². The van der Waals surface area contributed by atoms with Gasteiger partial charge in [-0.1, -0.05) is 35.8 Å². The molecule has 0 amide bonds. The Labute approximate surface area is 117 Å². The molecule has 1 N–H and O–H groups in total. The summed E-state index contributed by atoms with van der Waals surface area (Å²) in [5.74, 6) is 0.979. The summed E-state index contributed by atoms with van der Waals surface area (Å²) in [4.78, 5) is 0.323. The second-order valence-electron chi connectivity index (χ2n) is 5.10. The Morgan fingerprint density at radius 2 is 2.00 bits per heavy atom. The molecule has 3 nitrogen and oxygen atoms in total. The first-order valence-electron chi connectivity index (χ1n) is 6.18. The Kier molecular flexibility index (Phi) is 4.14. The number of hydrogen-bond donors (Lipinski definition) is 1. The average Bonchev–Trinajstić information content (AvgIpc) is 2.61. The van der Waals surface area contributed by atoms with Crippen molar-refractivity contribution in [1.29, 1.82) is 0 Å². The summed E-state index contributed by atoms with van der Waals surface area (Å²) < 4.78 is 28.1. The normalized spacial score (nSPS) is 28.5. The smallest absolute Gasteiger partial charge is 0.208 e. The summed E-state index contributed by atoms with van der Waals surface area (Å²) in [6, 6.07) is 6.86. The lowest BCUT2D eigenvalue weighted by Crippen LogP contribution is -2.37. The van der Waals surface area contributed by atoms with Crippen molar-refractivity contribution in [3.63, 3.8) is 0 Å². The highest BCUT2D eigenvalue weighted by Crippen LogP contribution is 2.32. The van der Waals surface area contributed by atoms with Gasteiger partial charge in [0.1, 0.15) is 0 Å². The van der Waals surface area contributed by atoms with Gasteiger partial charge in [-0.25, -0.2) is 13.1 Å². The van der Waals surface area contributed by atoms with E-state index < -0.39 is 10.0 Å². The maximum atomic E-state index is 12.3. The molecule has 0 heterocycles. The van der Waals surface area contributed by atoms with Crippen LogP contribution < -0.4 is 4.72 Å². The number of nitrogens with one attached hydrogen (secondary N) is 1. The van der Waals surface area contributed by atoms with E-state index in [0.717, 1.165) is 17.3 Å². The summed E-state index contributed by atoms with van der Waals surface area (Å²) in [7, 11) is -3.40. The van der Waals surface area contributed by atoms with E-state index in [-0.39, 0.29) is 6.04 Å². The predicted molar refractivity (Wildman–Crippen MR) is 75.8 cm³/mol. The van der Waals surface area contributed by atoms with Crippen LogP contribution in [0.4, 0.5) is 0 Å². The van der Waals surface area contributed by atoms with E-state index in [1.807, 2.05) is 6.07 Å². The van der Waals surface area contributed by atoms with E-state index in [2.05, 4.69) is 34.5 Å². The summed E-state index contributed by atoms with van der Waals surface area (Å²) in [6.07, 6.45) is 2.02. The third-order valence-corrected chi connectivity index (χ3v) is 5.86. The Morgan fingerprint density at radius 1 is 1.28 bits per heavy atom. The molecule has 0 aromatic heterocycles. The molecular weight excluding hydrogens is 314 g/mol. The minimum absolute atomic E-state index is 0.0592. The molecule has 0 bridgehead atoms. The Bertz CT molecular complexity index is 530. The van der Waals surface area contributed by atoms with Gasteiger partial charge in [0.25, 0.3) is 0 Å². The topological polar surface area (TPSA) is 46.2 Å². The fourth-order valence-corrected chi connectivity index (χ4v) is 4.39. The Hall–Kier alpha value is -0.390. The lowest BCUT2D eigenvalue weighted by Gasteiger charge is -2.19. The molecule has 100 valence electrons. The maximum absolute atomic E-state index is 12.3. The molecule has 0 aliphatic heterocycles. The molecular formula is C13H18BrNO2S. The van der Waals surface area contributed by atoms with Gasteiger partial charge in [0.2, 0.25) is 10.0 Å². The number of halogens is 1. The molecule has 1 aliphatic carbocycles. The van der Waals surface area contributed by atoms with Crippen LogP contribution in [0.1, 0.15) is 26.7 Å². The maximum Gasteiger partial charge on any atom is 0.240 e. The highest BCUT2D eigenvalue weighted by molar-refractivity contribution is 9.10. The van der Waals surface area contributed by atoms with Gasteiger partial charge < -0.3 is 0 Å². The first-order chi connectivity index (χ1) is 8.40. The van der Waals surface area contributed by atoms with Crippen molar-refractivity contribution < 1.29 is 8.42 Å². The molecule has 1 aromatic rings. The summed E-state index contributed by atoms with van der Waals surface area (Å²) in [5.41, 5.74) is 0. The van der Waals surface area contributed by atoms with Crippen molar-refractivity contribution in [2.45, 2.75) is 37.6 Å². The monoisotopic (exact) mass is 331 g/mol. The van der Waals surface area contributed by atoms with Crippen molar-refractivity contribution in [2.75, 3.05) is 0 Å². The zero-order valence-electron chi connectivity index (χ0n) is 10.6. The predicted octanol–water partition coefficient (Wildman–Crippen LogP) is 3.16. The molecule has 1 saturated carbocycles. The second-order valence-corrected chi connectivity index (χ2v) is 7.73. The fraction of sp³-hybridized carbons (Fsp3) is 0.538. The van der Waals surface area contributed by atoms with Crippen LogP contribution in [0, 0.1) is 11.8 Å². The van der Waals surface area contributed by atoms with Crippen LogP contribution in [0.2, 0.25) is 0 Å². The van der Waals surface area contributed by atoms with E-state index in [4.69, 9.17) is 0 Å². The van der Waals surface area contributed by atoms with E-state index >= 15 is 0 Å². The quantitative estimate of drug-likeness (QED) is 0.924. The number of hydrogen-bond acceptors (Lipinski definition) is 2. The highest BCUT2D eigenvalue weighted by atomic mass is 79.9. The minimum atomic E-state index is -3.40. The average molecular weight is 332 g/mol. The van der Waals surface area contributed by atoms with Crippen molar-refractivity contribution in [1.82, 2.24) is 4.72 Å². The first-order valence-corrected chi connectivity index (χ1v) is 8.45. The SMILES string of the molecule is CC1CCC(NS(=O)(=O)c2cccc(Br)c2)C1C. The molecule has 0 saturated heterocycles. The standard InChI is InChI=1S/C13H18BrNO2S/c1-9-6-7-13(10(9)2)15-18(16,17)12-5-3-4-11(14)8-12/h3-5,8-10,13,15H,6-7H2,1-2H3. The minimum Gasteiger partial charge on any atom is -0.208 e. The molecule has 5 heteroatoms. The second kappa shape index (κ2) is 5.31. The summed E-state index contributed by atoms with van der Waals surface area (Å²) in [6.45, 7) is 4.30. The van der Waals surface area contributed by atoms with E-state index in [0.29, 0.717) is 16.7 Å². The Morgan fingerprint density at radius 3 is 2.56 bits per heavy atom. The number of benzene rings is 1. The molecule has 3 atom stereocenters. The van der Waals surface area contributed by atoms with Crippen LogP contribution in [0.25, 0.3) is 0 Å². The number of sulfonamides is 1. The van der Waals surface area contributed by atoms with Gasteiger partial charge in [-0.05, 0) is 42.9 Å². The molecule has 3 unspecified atom stereocenters. The fourth-order valence-electron chi connectivity index (χ4n) is 2.43. The largest absolute Gasteiger partial charge is 0.240 e. The van der Waals surface area contributed by atoms with Gasteiger partial charge in [-0.3, -0.25) is 0 Å². The lowest BCUT2D eigenvalue weighted by molar-refractivity contribution is 0.402. The van der Waals surface area contributed by atoms with Gasteiger partial charge in [-0.15, -0.1) is 0 Å². The Balaban J connectivity index is 2.18.